The van der Waals surface area contributed by atoms with Crippen LogP contribution in [0.5, 0.6) is 0 Å². The Morgan fingerprint density at radius 2 is 1.35 bits per heavy atom. The summed E-state index contributed by atoms with van der Waals surface area (Å²) in [4.78, 5) is 0. The molecule has 5 unspecified atom stereocenters. The molecule has 0 radical (unpaired) electrons. The molecule has 7 N–H and O–H groups in total. The van der Waals surface area contributed by atoms with Gasteiger partial charge in [0.25, 0.3) is 0 Å². The molecule has 0 saturated carbocycles. The fourth-order valence-electron chi connectivity index (χ4n) is 2.78. The van der Waals surface area contributed by atoms with Crippen LogP contribution < -0.4 is 0 Å². The van der Waals surface area contributed by atoms with Crippen molar-refractivity contribution in [3.05, 3.63) is 0 Å². The van der Waals surface area contributed by atoms with E-state index in [9.17, 15) is 30.6 Å². The van der Waals surface area contributed by atoms with Crippen molar-refractivity contribution in [2.75, 3.05) is 13.2 Å². The van der Waals surface area contributed by atoms with Crippen molar-refractivity contribution in [1.82, 2.24) is 0 Å². The maximum atomic E-state index is 10.1. The van der Waals surface area contributed by atoms with Crippen LogP contribution in [0.2, 0.25) is 0 Å². The fourth-order valence-corrected chi connectivity index (χ4v) is 2.78. The van der Waals surface area contributed by atoms with Crippen molar-refractivity contribution in [3.8, 4) is 0 Å². The summed E-state index contributed by atoms with van der Waals surface area (Å²) >= 11 is 0. The largest absolute Gasteiger partial charge is 0.394 e. The van der Waals surface area contributed by atoms with Gasteiger partial charge in [-0.05, 0) is 6.92 Å². The second-order valence-electron chi connectivity index (χ2n) is 5.84. The summed E-state index contributed by atoms with van der Waals surface area (Å²) in [6, 6.07) is 0. The lowest BCUT2D eigenvalue weighted by Crippen LogP contribution is -2.64. The standard InChI is InChI=1S/C13H24O10/c1-4-7(16)10(19)12(6(3-15)21-4)23-13-11(20)9(18)8(17)5(2-14)22-13/h4-20H,2-3H2,1H3/t4?,5?,6?,7?,8-,9+,10-,11?,12-,13+/m1/s1. The smallest absolute Gasteiger partial charge is 0.187 e. The van der Waals surface area contributed by atoms with Crippen LogP contribution in [0.3, 0.4) is 0 Å². The van der Waals surface area contributed by atoms with Crippen molar-refractivity contribution >= 4 is 0 Å². The molecule has 0 bridgehead atoms. The summed E-state index contributed by atoms with van der Waals surface area (Å²) in [6.45, 7) is 0.369. The molecule has 0 aliphatic carbocycles. The fraction of sp³-hybridized carbons (Fsp3) is 1.00. The first-order chi connectivity index (χ1) is 10.8. The first kappa shape index (κ1) is 18.9. The van der Waals surface area contributed by atoms with Gasteiger partial charge in [0.2, 0.25) is 0 Å². The predicted octanol–water partition coefficient (Wildman–Crippen LogP) is -4.33. The van der Waals surface area contributed by atoms with Gasteiger partial charge in [-0.3, -0.25) is 0 Å². The monoisotopic (exact) mass is 340 g/mol. The zero-order valence-electron chi connectivity index (χ0n) is 12.5. The minimum atomic E-state index is -1.66. The molecule has 0 aromatic carbocycles. The quantitative estimate of drug-likeness (QED) is 0.265. The Bertz CT molecular complexity index is 378. The van der Waals surface area contributed by atoms with Gasteiger partial charge in [-0.2, -0.15) is 0 Å². The van der Waals surface area contributed by atoms with E-state index in [4.69, 9.17) is 19.3 Å². The van der Waals surface area contributed by atoms with Crippen LogP contribution in [0.15, 0.2) is 0 Å². The maximum absolute atomic E-state index is 10.1. The Balaban J connectivity index is 2.11. The van der Waals surface area contributed by atoms with Crippen molar-refractivity contribution in [1.29, 1.82) is 0 Å². The average Bonchev–Trinajstić information content (AvgIpc) is 2.55. The minimum absolute atomic E-state index is 0.518. The average molecular weight is 340 g/mol. The highest BCUT2D eigenvalue weighted by molar-refractivity contribution is 4.94. The van der Waals surface area contributed by atoms with Gasteiger partial charge in [0, 0.05) is 0 Å². The van der Waals surface area contributed by atoms with Crippen molar-refractivity contribution in [2.24, 2.45) is 0 Å². The van der Waals surface area contributed by atoms with Gasteiger partial charge in [0.15, 0.2) is 6.29 Å². The molecule has 23 heavy (non-hydrogen) atoms. The van der Waals surface area contributed by atoms with Gasteiger partial charge >= 0.3 is 0 Å². The van der Waals surface area contributed by atoms with Crippen LogP contribution in [-0.4, -0.2) is 110 Å². The molecule has 2 rings (SSSR count). The second-order valence-corrected chi connectivity index (χ2v) is 5.84. The molecule has 2 heterocycles. The summed E-state index contributed by atoms with van der Waals surface area (Å²) in [6.07, 6.45) is -13.2. The minimum Gasteiger partial charge on any atom is -0.394 e. The van der Waals surface area contributed by atoms with Gasteiger partial charge in [-0.15, -0.1) is 0 Å². The van der Waals surface area contributed by atoms with Gasteiger partial charge in [0.05, 0.1) is 19.3 Å². The molecule has 2 fully saturated rings. The summed E-state index contributed by atoms with van der Waals surface area (Å²) in [5.74, 6) is 0. The van der Waals surface area contributed by atoms with E-state index in [1.165, 1.54) is 6.92 Å². The Morgan fingerprint density at radius 3 is 1.91 bits per heavy atom. The summed E-state index contributed by atoms with van der Waals surface area (Å²) in [7, 11) is 0. The molecule has 10 atom stereocenters. The van der Waals surface area contributed by atoms with Gasteiger partial charge in [-0.1, -0.05) is 0 Å². The third kappa shape index (κ3) is 3.66. The molecular formula is C13H24O10. The highest BCUT2D eigenvalue weighted by atomic mass is 16.7. The van der Waals surface area contributed by atoms with Crippen molar-refractivity contribution in [3.63, 3.8) is 0 Å². The summed E-state index contributed by atoms with van der Waals surface area (Å²) < 4.78 is 15.9. The Labute approximate surface area is 132 Å². The Kier molecular flexibility index (Phi) is 6.30. The molecule has 10 nitrogen and oxygen atoms in total. The highest BCUT2D eigenvalue weighted by Crippen LogP contribution is 2.28. The van der Waals surface area contributed by atoms with Crippen molar-refractivity contribution < 1.29 is 50.0 Å². The first-order valence-electron chi connectivity index (χ1n) is 7.40. The molecular weight excluding hydrogens is 316 g/mol. The van der Waals surface area contributed by atoms with Crippen LogP contribution in [0, 0.1) is 0 Å². The molecule has 0 amide bonds. The van der Waals surface area contributed by atoms with Crippen molar-refractivity contribution in [2.45, 2.75) is 68.1 Å². The van der Waals surface area contributed by atoms with E-state index in [1.54, 1.807) is 0 Å². The van der Waals surface area contributed by atoms with Crippen LogP contribution in [0.1, 0.15) is 6.92 Å². The molecule has 0 aromatic rings. The highest BCUT2D eigenvalue weighted by Gasteiger charge is 2.49. The number of ether oxygens (including phenoxy) is 3. The van der Waals surface area contributed by atoms with E-state index in [2.05, 4.69) is 0 Å². The zero-order chi connectivity index (χ0) is 17.3. The molecule has 10 heteroatoms. The number of hydrogen-bond donors (Lipinski definition) is 7. The number of aliphatic hydroxyl groups is 7. The van der Waals surface area contributed by atoms with Crippen LogP contribution in [-0.2, 0) is 14.2 Å². The number of hydrogen-bond acceptors (Lipinski definition) is 10. The Hall–Kier alpha value is -0.400. The molecule has 2 aliphatic heterocycles. The van der Waals surface area contributed by atoms with E-state index < -0.39 is 74.4 Å². The number of rotatable bonds is 4. The third-order valence-electron chi connectivity index (χ3n) is 4.24. The van der Waals surface area contributed by atoms with E-state index in [0.717, 1.165) is 0 Å². The van der Waals surface area contributed by atoms with Gasteiger partial charge in [0.1, 0.15) is 48.8 Å². The third-order valence-corrected chi connectivity index (χ3v) is 4.24. The van der Waals surface area contributed by atoms with Crippen LogP contribution in [0.4, 0.5) is 0 Å². The lowest BCUT2D eigenvalue weighted by atomic mass is 9.95. The normalized spacial score (nSPS) is 51.7. The van der Waals surface area contributed by atoms with Gasteiger partial charge in [-0.25, -0.2) is 0 Å². The molecule has 136 valence electrons. The molecule has 0 aromatic heterocycles. The topological polar surface area (TPSA) is 169 Å². The van der Waals surface area contributed by atoms with Gasteiger partial charge < -0.3 is 50.0 Å². The van der Waals surface area contributed by atoms with Crippen LogP contribution in [0.25, 0.3) is 0 Å². The first-order valence-corrected chi connectivity index (χ1v) is 7.40. The lowest BCUT2D eigenvalue weighted by Gasteiger charge is -2.45. The summed E-state index contributed by atoms with van der Waals surface area (Å²) in [5, 5.41) is 67.8. The van der Waals surface area contributed by atoms with E-state index >= 15 is 0 Å². The SMILES string of the molecule is CC1OC(CO)[C@@H](O[C@@H]2OC(CO)[C@@H](O)[C@H](O)C2O)[C@H](O)C1O. The lowest BCUT2D eigenvalue weighted by molar-refractivity contribution is -0.341. The predicted molar refractivity (Wildman–Crippen MR) is 72.1 cm³/mol. The molecule has 2 aliphatic rings. The maximum Gasteiger partial charge on any atom is 0.187 e. The second kappa shape index (κ2) is 7.66. The van der Waals surface area contributed by atoms with Crippen LogP contribution >= 0.6 is 0 Å². The molecule has 0 spiro atoms. The zero-order valence-corrected chi connectivity index (χ0v) is 12.5. The van der Waals surface area contributed by atoms with E-state index in [-0.39, 0.29) is 0 Å². The summed E-state index contributed by atoms with van der Waals surface area (Å²) in [5.41, 5.74) is 0. The van der Waals surface area contributed by atoms with E-state index in [0.29, 0.717) is 0 Å². The number of aliphatic hydroxyl groups excluding tert-OH is 7. The van der Waals surface area contributed by atoms with E-state index in [1.807, 2.05) is 0 Å². The molecule has 2 saturated heterocycles. The Morgan fingerprint density at radius 1 is 0.739 bits per heavy atom.